The van der Waals surface area contributed by atoms with E-state index in [-0.39, 0.29) is 35.5 Å². The highest BCUT2D eigenvalue weighted by Crippen LogP contribution is 2.28. The summed E-state index contributed by atoms with van der Waals surface area (Å²) < 4.78 is 58.2. The number of nitrogen functional groups attached to an aromatic ring is 1. The molecule has 1 unspecified atom stereocenters. The lowest BCUT2D eigenvalue weighted by atomic mass is 10.1. The lowest BCUT2D eigenvalue weighted by Crippen LogP contribution is -2.32. The van der Waals surface area contributed by atoms with Crippen molar-refractivity contribution < 1.29 is 31.8 Å². The SMILES string of the molecule is COCC(C)Oc1nc(-c2cc(F)cc(OCC(C)C)c2)ccc1C(=O)NS(=O)(=O)c1cccc(N)n1. The van der Waals surface area contributed by atoms with Gasteiger partial charge in [0.2, 0.25) is 5.88 Å². The van der Waals surface area contributed by atoms with Gasteiger partial charge in [-0.1, -0.05) is 19.9 Å². The molecule has 2 aromatic heterocycles. The zero-order chi connectivity index (χ0) is 27.2. The van der Waals surface area contributed by atoms with Gasteiger partial charge < -0.3 is 19.9 Å². The van der Waals surface area contributed by atoms with Crippen molar-refractivity contribution in [3.63, 3.8) is 0 Å². The standard InChI is InChI=1S/C25H29FN4O6S/c1-15(2)13-35-19-11-17(10-18(26)12-19)21-9-8-20(25(28-21)36-16(3)14-34-4)24(31)30-37(32,33)23-7-5-6-22(27)29-23/h5-12,15-16H,13-14H2,1-4H3,(H2,27,29)(H,30,31). The molecular weight excluding hydrogens is 503 g/mol. The minimum absolute atomic E-state index is 0.0226. The third-order valence-electron chi connectivity index (χ3n) is 4.82. The van der Waals surface area contributed by atoms with E-state index in [0.29, 0.717) is 17.9 Å². The quantitative estimate of drug-likeness (QED) is 0.380. The summed E-state index contributed by atoms with van der Waals surface area (Å²) in [7, 11) is -2.86. The number of aromatic nitrogens is 2. The number of anilines is 1. The van der Waals surface area contributed by atoms with Gasteiger partial charge in [0.25, 0.3) is 15.9 Å². The Kier molecular flexibility index (Phi) is 9.00. The van der Waals surface area contributed by atoms with Crippen molar-refractivity contribution in [2.24, 2.45) is 5.92 Å². The Morgan fingerprint density at radius 1 is 1.08 bits per heavy atom. The van der Waals surface area contributed by atoms with Crippen LogP contribution in [0.15, 0.2) is 53.6 Å². The molecule has 3 N–H and O–H groups in total. The number of sulfonamides is 1. The number of halogens is 1. The second kappa shape index (κ2) is 12.0. The maximum Gasteiger partial charge on any atom is 0.281 e. The third kappa shape index (κ3) is 7.61. The second-order valence-corrected chi connectivity index (χ2v) is 10.3. The number of carbonyl (C=O) groups excluding carboxylic acids is 1. The fraction of sp³-hybridized carbons (Fsp3) is 0.320. The molecule has 0 bridgehead atoms. The van der Waals surface area contributed by atoms with Crippen LogP contribution >= 0.6 is 0 Å². The van der Waals surface area contributed by atoms with Crippen LogP contribution in [0, 0.1) is 11.7 Å². The Bertz CT molecular complexity index is 1370. The van der Waals surface area contributed by atoms with Gasteiger partial charge in [-0.2, -0.15) is 8.42 Å². The van der Waals surface area contributed by atoms with Gasteiger partial charge in [-0.15, -0.1) is 0 Å². The molecule has 0 saturated heterocycles. The Balaban J connectivity index is 1.98. The largest absolute Gasteiger partial charge is 0.493 e. The molecule has 0 spiro atoms. The predicted octanol–water partition coefficient (Wildman–Crippen LogP) is 3.43. The smallest absolute Gasteiger partial charge is 0.281 e. The molecule has 198 valence electrons. The van der Waals surface area contributed by atoms with Crippen molar-refractivity contribution in [3.8, 4) is 22.9 Å². The number of methoxy groups -OCH3 is 1. The van der Waals surface area contributed by atoms with Gasteiger partial charge in [0.15, 0.2) is 5.03 Å². The van der Waals surface area contributed by atoms with E-state index in [1.54, 1.807) is 13.0 Å². The first-order valence-corrected chi connectivity index (χ1v) is 12.9. The van der Waals surface area contributed by atoms with Gasteiger partial charge in [0.05, 0.1) is 18.9 Å². The summed E-state index contributed by atoms with van der Waals surface area (Å²) in [4.78, 5) is 21.1. The number of nitrogens with two attached hydrogens (primary N) is 1. The van der Waals surface area contributed by atoms with Crippen molar-refractivity contribution >= 4 is 21.7 Å². The van der Waals surface area contributed by atoms with Gasteiger partial charge in [-0.25, -0.2) is 19.1 Å². The number of nitrogens with one attached hydrogen (secondary N) is 1. The van der Waals surface area contributed by atoms with Gasteiger partial charge in [-0.05, 0) is 49.2 Å². The van der Waals surface area contributed by atoms with E-state index in [2.05, 4.69) is 9.97 Å². The molecule has 0 radical (unpaired) electrons. The van der Waals surface area contributed by atoms with Gasteiger partial charge in [0, 0.05) is 18.7 Å². The molecule has 1 amide bonds. The summed E-state index contributed by atoms with van der Waals surface area (Å²) in [6.07, 6.45) is -0.538. The number of nitrogens with zero attached hydrogens (tertiary/aromatic N) is 2. The molecule has 2 heterocycles. The Labute approximate surface area is 215 Å². The molecule has 0 aliphatic heterocycles. The van der Waals surface area contributed by atoms with E-state index in [0.717, 1.165) is 0 Å². The predicted molar refractivity (Wildman–Crippen MR) is 135 cm³/mol. The maximum absolute atomic E-state index is 14.3. The lowest BCUT2D eigenvalue weighted by molar-refractivity contribution is 0.0855. The third-order valence-corrected chi connectivity index (χ3v) is 6.05. The Morgan fingerprint density at radius 3 is 2.51 bits per heavy atom. The summed E-state index contributed by atoms with van der Waals surface area (Å²) in [5, 5.41) is -0.422. The average molecular weight is 533 g/mol. The molecule has 0 fully saturated rings. The Morgan fingerprint density at radius 2 is 1.84 bits per heavy atom. The molecule has 37 heavy (non-hydrogen) atoms. The average Bonchev–Trinajstić information content (AvgIpc) is 2.82. The number of pyridine rings is 2. The zero-order valence-electron chi connectivity index (χ0n) is 20.9. The van der Waals surface area contributed by atoms with E-state index in [4.69, 9.17) is 19.9 Å². The van der Waals surface area contributed by atoms with E-state index >= 15 is 0 Å². The van der Waals surface area contributed by atoms with Crippen molar-refractivity contribution in [1.82, 2.24) is 14.7 Å². The minimum Gasteiger partial charge on any atom is -0.493 e. The summed E-state index contributed by atoms with van der Waals surface area (Å²) in [5.74, 6) is -1.15. The molecule has 0 saturated carbocycles. The number of amides is 1. The number of benzene rings is 1. The zero-order valence-corrected chi connectivity index (χ0v) is 21.7. The molecule has 1 atom stereocenters. The first kappa shape index (κ1) is 27.8. The number of ether oxygens (including phenoxy) is 3. The van der Waals surface area contributed by atoms with Crippen molar-refractivity contribution in [2.75, 3.05) is 26.1 Å². The van der Waals surface area contributed by atoms with Gasteiger partial charge >= 0.3 is 0 Å². The van der Waals surface area contributed by atoms with Crippen molar-refractivity contribution in [1.29, 1.82) is 0 Å². The Hall–Kier alpha value is -3.77. The fourth-order valence-corrected chi connectivity index (χ4v) is 4.13. The van der Waals surface area contributed by atoms with Crippen LogP contribution in [0.2, 0.25) is 0 Å². The van der Waals surface area contributed by atoms with E-state index < -0.39 is 32.9 Å². The highest BCUT2D eigenvalue weighted by Gasteiger charge is 2.25. The topological polar surface area (TPSA) is 143 Å². The monoisotopic (exact) mass is 532 g/mol. The first-order valence-electron chi connectivity index (χ1n) is 11.4. The van der Waals surface area contributed by atoms with Crippen molar-refractivity contribution in [3.05, 3.63) is 59.9 Å². The number of hydrogen-bond donors (Lipinski definition) is 2. The van der Waals surface area contributed by atoms with E-state index in [9.17, 15) is 17.6 Å². The summed E-state index contributed by atoms with van der Waals surface area (Å²) in [5.41, 5.74) is 6.07. The second-order valence-electron chi connectivity index (χ2n) is 8.65. The first-order chi connectivity index (χ1) is 17.5. The molecule has 3 aromatic rings. The van der Waals surface area contributed by atoms with Crippen molar-refractivity contribution in [2.45, 2.75) is 31.9 Å². The van der Waals surface area contributed by atoms with Crippen LogP contribution in [-0.2, 0) is 14.8 Å². The highest BCUT2D eigenvalue weighted by atomic mass is 32.2. The molecule has 10 nitrogen and oxygen atoms in total. The maximum atomic E-state index is 14.3. The number of rotatable bonds is 11. The molecule has 0 aliphatic carbocycles. The van der Waals surface area contributed by atoms with Crippen LogP contribution in [-0.4, -0.2) is 50.7 Å². The van der Waals surface area contributed by atoms with E-state index in [1.165, 1.54) is 49.6 Å². The summed E-state index contributed by atoms with van der Waals surface area (Å²) >= 11 is 0. The fourth-order valence-electron chi connectivity index (χ4n) is 3.19. The summed E-state index contributed by atoms with van der Waals surface area (Å²) in [6, 6.07) is 11.0. The van der Waals surface area contributed by atoms with Crippen LogP contribution in [0.3, 0.4) is 0 Å². The number of carbonyl (C=O) groups is 1. The molecular formula is C25H29FN4O6S. The van der Waals surface area contributed by atoms with Gasteiger partial charge in [0.1, 0.15) is 29.1 Å². The number of hydrogen-bond acceptors (Lipinski definition) is 9. The van der Waals surface area contributed by atoms with Crippen LogP contribution in [0.1, 0.15) is 31.1 Å². The molecule has 3 rings (SSSR count). The molecule has 12 heteroatoms. The van der Waals surface area contributed by atoms with Crippen LogP contribution in [0.5, 0.6) is 11.6 Å². The minimum atomic E-state index is -4.34. The normalized spacial score (nSPS) is 12.3. The highest BCUT2D eigenvalue weighted by molar-refractivity contribution is 7.90. The lowest BCUT2D eigenvalue weighted by Gasteiger charge is -2.17. The van der Waals surface area contributed by atoms with Crippen LogP contribution in [0.4, 0.5) is 10.2 Å². The van der Waals surface area contributed by atoms with Crippen LogP contribution in [0.25, 0.3) is 11.3 Å². The molecule has 1 aromatic carbocycles. The van der Waals surface area contributed by atoms with Gasteiger partial charge in [-0.3, -0.25) is 4.79 Å². The summed E-state index contributed by atoms with van der Waals surface area (Å²) in [6.45, 7) is 6.20. The van der Waals surface area contributed by atoms with Crippen LogP contribution < -0.4 is 19.9 Å². The molecule has 0 aliphatic rings. The van der Waals surface area contributed by atoms with E-state index in [1.807, 2.05) is 18.6 Å².